The fourth-order valence-electron chi connectivity index (χ4n) is 9.33. The van der Waals surface area contributed by atoms with Crippen LogP contribution in [0.1, 0.15) is 0 Å². The van der Waals surface area contributed by atoms with E-state index in [-0.39, 0.29) is 0 Å². The Kier molecular flexibility index (Phi) is 7.47. The highest BCUT2D eigenvalue weighted by Gasteiger charge is 2.42. The lowest BCUT2D eigenvalue weighted by Crippen LogP contribution is -2.22. The van der Waals surface area contributed by atoms with Crippen molar-refractivity contribution in [1.29, 1.82) is 0 Å². The van der Waals surface area contributed by atoms with E-state index < -0.39 is 7.14 Å². The highest BCUT2D eigenvalue weighted by molar-refractivity contribution is 7.86. The first-order valence-corrected chi connectivity index (χ1v) is 21.7. The number of nitrogens with zero attached hydrogens (tertiary/aromatic N) is 2. The van der Waals surface area contributed by atoms with Gasteiger partial charge < -0.3 is 18.4 Å². The Hall–Kier alpha value is -7.39. The van der Waals surface area contributed by atoms with Gasteiger partial charge in [-0.05, 0) is 82.9 Å². The highest BCUT2D eigenvalue weighted by atomic mass is 31.2. The van der Waals surface area contributed by atoms with Crippen molar-refractivity contribution < 1.29 is 8.98 Å². The van der Waals surface area contributed by atoms with E-state index in [2.05, 4.69) is 167 Å². The molecule has 0 bridgehead atoms. The van der Waals surface area contributed by atoms with Crippen LogP contribution in [-0.4, -0.2) is 4.57 Å². The molecule has 0 N–H and O–H groups in total. The van der Waals surface area contributed by atoms with Crippen LogP contribution in [0, 0.1) is 0 Å². The van der Waals surface area contributed by atoms with E-state index in [1.807, 2.05) is 54.6 Å². The molecule has 5 heteroatoms. The molecule has 9 aromatic carbocycles. The number of hydrogen-bond donors (Lipinski definition) is 0. The Bertz CT molecular complexity index is 3460. The SMILES string of the molecule is O=P1(c2ccccc2)c2ccccc2-c2ccc3c4ccccc4n(-c4ccc(-c5ccc(N(c6ccccc6)c6ccc7c(c6)oc6ccccc67)cc5)cc4)c3c21. The molecule has 59 heavy (non-hydrogen) atoms. The number of anilines is 3. The molecule has 0 aliphatic carbocycles. The molecule has 1 aliphatic rings. The molecule has 1 aliphatic heterocycles. The van der Waals surface area contributed by atoms with E-state index in [0.29, 0.717) is 0 Å². The van der Waals surface area contributed by atoms with Crippen molar-refractivity contribution in [2.75, 3.05) is 4.90 Å². The smallest absolute Gasteiger partial charge is 0.174 e. The molecule has 0 spiro atoms. The van der Waals surface area contributed by atoms with Crippen molar-refractivity contribution in [3.8, 4) is 27.9 Å². The Balaban J connectivity index is 0.961. The van der Waals surface area contributed by atoms with E-state index in [0.717, 1.165) is 105 Å². The van der Waals surface area contributed by atoms with E-state index in [1.165, 1.54) is 0 Å². The quantitative estimate of drug-likeness (QED) is 0.158. The van der Waals surface area contributed by atoms with Crippen LogP contribution in [0.15, 0.2) is 217 Å². The summed E-state index contributed by atoms with van der Waals surface area (Å²) >= 11 is 0. The molecular formula is C54H35N2O2P. The van der Waals surface area contributed by atoms with Crippen molar-refractivity contribution >= 4 is 83.9 Å². The molecule has 0 radical (unpaired) electrons. The maximum absolute atomic E-state index is 15.9. The van der Waals surface area contributed by atoms with Crippen LogP contribution < -0.4 is 20.8 Å². The third kappa shape index (κ3) is 5.07. The number of benzene rings is 9. The lowest BCUT2D eigenvalue weighted by Gasteiger charge is -2.25. The van der Waals surface area contributed by atoms with E-state index in [4.69, 9.17) is 4.42 Å². The van der Waals surface area contributed by atoms with Gasteiger partial charge in [-0.2, -0.15) is 0 Å². The predicted octanol–water partition coefficient (Wildman–Crippen LogP) is 13.4. The first-order chi connectivity index (χ1) is 29.1. The monoisotopic (exact) mass is 774 g/mol. The summed E-state index contributed by atoms with van der Waals surface area (Å²) in [4.78, 5) is 2.27. The summed E-state index contributed by atoms with van der Waals surface area (Å²) in [6, 6.07) is 73.9. The normalized spacial score (nSPS) is 14.6. The summed E-state index contributed by atoms with van der Waals surface area (Å²) in [5.41, 5.74) is 12.3. The summed E-state index contributed by atoms with van der Waals surface area (Å²) in [5, 5.41) is 7.15. The third-order valence-corrected chi connectivity index (χ3v) is 15.2. The zero-order valence-corrected chi connectivity index (χ0v) is 32.8. The molecule has 0 amide bonds. The molecule has 0 saturated heterocycles. The van der Waals surface area contributed by atoms with Gasteiger partial charge in [0.15, 0.2) is 7.14 Å². The van der Waals surface area contributed by atoms with E-state index >= 15 is 4.57 Å². The van der Waals surface area contributed by atoms with E-state index in [1.54, 1.807) is 0 Å². The van der Waals surface area contributed by atoms with Crippen LogP contribution in [0.2, 0.25) is 0 Å². The zero-order chi connectivity index (χ0) is 39.1. The maximum atomic E-state index is 15.9. The lowest BCUT2D eigenvalue weighted by molar-refractivity contribution is 0.593. The molecule has 2 aromatic heterocycles. The fraction of sp³-hybridized carbons (Fsp3) is 0. The summed E-state index contributed by atoms with van der Waals surface area (Å²) in [5.74, 6) is 0. The van der Waals surface area contributed by atoms with Crippen molar-refractivity contribution in [1.82, 2.24) is 4.57 Å². The van der Waals surface area contributed by atoms with Crippen LogP contribution in [0.4, 0.5) is 17.1 Å². The number of fused-ring (bicyclic) bond motifs is 10. The second-order valence-corrected chi connectivity index (χ2v) is 17.9. The largest absolute Gasteiger partial charge is 0.456 e. The van der Waals surface area contributed by atoms with Gasteiger partial charge in [0.25, 0.3) is 0 Å². The van der Waals surface area contributed by atoms with Gasteiger partial charge in [-0.25, -0.2) is 0 Å². The van der Waals surface area contributed by atoms with Crippen LogP contribution >= 0.6 is 7.14 Å². The third-order valence-electron chi connectivity index (χ3n) is 12.0. The first-order valence-electron chi connectivity index (χ1n) is 19.9. The van der Waals surface area contributed by atoms with Crippen LogP contribution in [0.5, 0.6) is 0 Å². The Labute approximate surface area is 341 Å². The fourth-order valence-corrected chi connectivity index (χ4v) is 12.6. The van der Waals surface area contributed by atoms with Crippen LogP contribution in [0.25, 0.3) is 71.7 Å². The number of furan rings is 1. The number of para-hydroxylation sites is 3. The van der Waals surface area contributed by atoms with Gasteiger partial charge in [0.05, 0.1) is 16.3 Å². The van der Waals surface area contributed by atoms with Crippen molar-refractivity contribution in [3.05, 3.63) is 212 Å². The molecule has 4 nitrogen and oxygen atoms in total. The summed E-state index contributed by atoms with van der Waals surface area (Å²) < 4.78 is 24.5. The topological polar surface area (TPSA) is 38.4 Å². The minimum atomic E-state index is -3.22. The number of hydrogen-bond acceptors (Lipinski definition) is 3. The molecule has 1 unspecified atom stereocenters. The molecule has 0 fully saturated rings. The minimum absolute atomic E-state index is 0.857. The summed E-state index contributed by atoms with van der Waals surface area (Å²) in [6.45, 7) is 0. The highest BCUT2D eigenvalue weighted by Crippen LogP contribution is 2.55. The Morgan fingerprint density at radius 1 is 0.441 bits per heavy atom. The second kappa shape index (κ2) is 13.1. The number of rotatable bonds is 6. The average Bonchev–Trinajstić information content (AvgIpc) is 3.93. The molecular weight excluding hydrogens is 740 g/mol. The maximum Gasteiger partial charge on any atom is 0.174 e. The van der Waals surface area contributed by atoms with Crippen LogP contribution in [0.3, 0.4) is 0 Å². The van der Waals surface area contributed by atoms with Crippen molar-refractivity contribution in [2.24, 2.45) is 0 Å². The van der Waals surface area contributed by atoms with E-state index in [9.17, 15) is 0 Å². The molecule has 1 atom stereocenters. The zero-order valence-electron chi connectivity index (χ0n) is 31.9. The van der Waals surface area contributed by atoms with Gasteiger partial charge in [-0.15, -0.1) is 0 Å². The molecule has 0 saturated carbocycles. The van der Waals surface area contributed by atoms with Crippen molar-refractivity contribution in [3.63, 3.8) is 0 Å². The van der Waals surface area contributed by atoms with Gasteiger partial charge in [0.2, 0.25) is 0 Å². The first kappa shape index (κ1) is 33.7. The molecule has 11 aromatic rings. The average molecular weight is 775 g/mol. The molecule has 3 heterocycles. The lowest BCUT2D eigenvalue weighted by atomic mass is 10.0. The molecule has 12 rings (SSSR count). The summed E-state index contributed by atoms with van der Waals surface area (Å²) in [7, 11) is -3.22. The standard InChI is InChI=1S/C54H35N2O2P/c57-59(42-15-5-2-6-16-42)52-22-12-9-19-46(52)48-34-33-47-43-17-7-10-20-49(43)56(53(47)54(48)59)40-29-25-37(26-30-40)36-23-27-39(28-24-36)55(38-13-3-1-4-14-38)41-31-32-45-44-18-8-11-21-50(44)58-51(45)35-41/h1-35H. The van der Waals surface area contributed by atoms with Crippen LogP contribution in [-0.2, 0) is 4.57 Å². The Morgan fingerprint density at radius 3 is 1.83 bits per heavy atom. The molecule has 278 valence electrons. The van der Waals surface area contributed by atoms with Gasteiger partial charge in [0, 0.05) is 61.0 Å². The Morgan fingerprint density at radius 2 is 1.03 bits per heavy atom. The van der Waals surface area contributed by atoms with Gasteiger partial charge in [-0.1, -0.05) is 146 Å². The summed E-state index contributed by atoms with van der Waals surface area (Å²) in [6.07, 6.45) is 0. The minimum Gasteiger partial charge on any atom is -0.456 e. The predicted molar refractivity (Wildman–Crippen MR) is 247 cm³/mol. The van der Waals surface area contributed by atoms with Gasteiger partial charge >= 0.3 is 0 Å². The van der Waals surface area contributed by atoms with Gasteiger partial charge in [-0.3, -0.25) is 0 Å². The van der Waals surface area contributed by atoms with Gasteiger partial charge in [0.1, 0.15) is 11.2 Å². The van der Waals surface area contributed by atoms with Crippen molar-refractivity contribution in [2.45, 2.75) is 0 Å². The number of aromatic nitrogens is 1. The second-order valence-electron chi connectivity index (χ2n) is 15.2.